The quantitative estimate of drug-likeness (QED) is 0.769. The average Bonchev–Trinajstić information content (AvgIpc) is 3.25. The summed E-state index contributed by atoms with van der Waals surface area (Å²) in [6.45, 7) is 0. The van der Waals surface area contributed by atoms with Crippen LogP contribution in [0.2, 0.25) is 5.02 Å². The lowest BCUT2D eigenvalue weighted by Gasteiger charge is -2.17. The van der Waals surface area contributed by atoms with Gasteiger partial charge >= 0.3 is 0 Å². The highest BCUT2D eigenvalue weighted by Gasteiger charge is 2.34. The molecule has 2 heterocycles. The van der Waals surface area contributed by atoms with Gasteiger partial charge in [-0.25, -0.2) is 13.9 Å². The first-order valence-corrected chi connectivity index (χ1v) is 7.62. The highest BCUT2D eigenvalue weighted by molar-refractivity contribution is 6.35. The molecule has 0 spiro atoms. The third kappa shape index (κ3) is 2.24. The molecule has 3 N–H and O–H groups in total. The number of nitrogens with one attached hydrogen (secondary N) is 1. The van der Waals surface area contributed by atoms with Crippen molar-refractivity contribution in [1.29, 1.82) is 0 Å². The number of hydrogen-bond acceptors (Lipinski definition) is 4. The van der Waals surface area contributed by atoms with Gasteiger partial charge in [0, 0.05) is 12.3 Å². The predicted octanol–water partition coefficient (Wildman–Crippen LogP) is 2.31. The largest absolute Gasteiger partial charge is 0.321 e. The first kappa shape index (κ1) is 14.3. The van der Waals surface area contributed by atoms with Crippen LogP contribution < -0.4 is 11.3 Å². The summed E-state index contributed by atoms with van der Waals surface area (Å²) >= 11 is 6.11. The topological polar surface area (TPSA) is 89.6 Å². The van der Waals surface area contributed by atoms with Gasteiger partial charge in [0.05, 0.1) is 16.6 Å². The van der Waals surface area contributed by atoms with Gasteiger partial charge in [0.25, 0.3) is 5.56 Å². The van der Waals surface area contributed by atoms with Crippen LogP contribution in [0.4, 0.5) is 4.39 Å². The standard InChI is InChI=1S/C15H13ClFN5O/c16-8-3-4-9(17)11-13(8)20-14(12(18)7-1-2-7)22(15(11)23)10-5-6-19-21-10/h3-7,12H,1-2,18H2,(H,19,21). The van der Waals surface area contributed by atoms with Gasteiger partial charge in [-0.2, -0.15) is 5.10 Å². The zero-order valence-corrected chi connectivity index (χ0v) is 12.7. The Balaban J connectivity index is 2.11. The molecule has 1 atom stereocenters. The maximum Gasteiger partial charge on any atom is 0.270 e. The molecular weight excluding hydrogens is 321 g/mol. The molecule has 1 aliphatic carbocycles. The van der Waals surface area contributed by atoms with E-state index >= 15 is 0 Å². The number of H-pyrrole nitrogens is 1. The molecule has 0 saturated heterocycles. The third-order valence-corrected chi connectivity index (χ3v) is 4.40. The molecule has 1 saturated carbocycles. The van der Waals surface area contributed by atoms with Crippen molar-refractivity contribution in [3.05, 3.63) is 51.4 Å². The molecule has 0 amide bonds. The normalized spacial score (nSPS) is 16.0. The highest BCUT2D eigenvalue weighted by atomic mass is 35.5. The lowest BCUT2D eigenvalue weighted by molar-refractivity contribution is 0.569. The Bertz CT molecular complexity index is 949. The summed E-state index contributed by atoms with van der Waals surface area (Å²) in [4.78, 5) is 17.3. The summed E-state index contributed by atoms with van der Waals surface area (Å²) in [7, 11) is 0. The number of rotatable bonds is 3. The van der Waals surface area contributed by atoms with Crippen molar-refractivity contribution in [2.24, 2.45) is 11.7 Å². The monoisotopic (exact) mass is 333 g/mol. The van der Waals surface area contributed by atoms with Gasteiger partial charge in [0.1, 0.15) is 17.0 Å². The number of nitrogens with two attached hydrogens (primary N) is 1. The summed E-state index contributed by atoms with van der Waals surface area (Å²) in [5, 5.41) is 6.72. The van der Waals surface area contributed by atoms with Crippen molar-refractivity contribution >= 4 is 22.5 Å². The molecule has 0 bridgehead atoms. The first-order valence-electron chi connectivity index (χ1n) is 7.24. The molecular formula is C15H13ClFN5O. The zero-order chi connectivity index (χ0) is 16.1. The Morgan fingerprint density at radius 3 is 2.83 bits per heavy atom. The smallest absolute Gasteiger partial charge is 0.270 e. The molecule has 4 rings (SSSR count). The van der Waals surface area contributed by atoms with Crippen LogP contribution >= 0.6 is 11.6 Å². The molecule has 1 aromatic carbocycles. The summed E-state index contributed by atoms with van der Waals surface area (Å²) in [6, 6.07) is 3.73. The fraction of sp³-hybridized carbons (Fsp3) is 0.267. The molecule has 0 radical (unpaired) electrons. The van der Waals surface area contributed by atoms with Crippen LogP contribution in [0, 0.1) is 11.7 Å². The third-order valence-electron chi connectivity index (χ3n) is 4.09. The van der Waals surface area contributed by atoms with Crippen LogP contribution in [-0.2, 0) is 0 Å². The van der Waals surface area contributed by atoms with Crippen molar-refractivity contribution in [1.82, 2.24) is 19.7 Å². The van der Waals surface area contributed by atoms with Crippen LogP contribution in [0.5, 0.6) is 0 Å². The number of benzene rings is 1. The predicted molar refractivity (Wildman–Crippen MR) is 84.1 cm³/mol. The van der Waals surface area contributed by atoms with Gasteiger partial charge < -0.3 is 5.73 Å². The SMILES string of the molecule is NC(c1nc2c(Cl)ccc(F)c2c(=O)n1-c1cc[nH]n1)C1CC1. The highest BCUT2D eigenvalue weighted by Crippen LogP contribution is 2.39. The van der Waals surface area contributed by atoms with Crippen LogP contribution in [0.1, 0.15) is 24.7 Å². The van der Waals surface area contributed by atoms with Gasteiger partial charge in [0.15, 0.2) is 5.82 Å². The summed E-state index contributed by atoms with van der Waals surface area (Å²) in [5.74, 6) is 0.272. The maximum atomic E-state index is 14.2. The van der Waals surface area contributed by atoms with Crippen molar-refractivity contribution in [2.45, 2.75) is 18.9 Å². The second kappa shape index (κ2) is 5.14. The van der Waals surface area contributed by atoms with E-state index in [-0.39, 0.29) is 21.8 Å². The van der Waals surface area contributed by atoms with Crippen molar-refractivity contribution in [2.75, 3.05) is 0 Å². The maximum absolute atomic E-state index is 14.2. The molecule has 3 aromatic rings. The Kier molecular flexibility index (Phi) is 3.21. The van der Waals surface area contributed by atoms with Crippen molar-refractivity contribution in [3.8, 4) is 5.82 Å². The Labute approximate surface area is 135 Å². The first-order chi connectivity index (χ1) is 11.1. The van der Waals surface area contributed by atoms with E-state index in [1.807, 2.05) is 0 Å². The van der Waals surface area contributed by atoms with Gasteiger partial charge in [0.2, 0.25) is 0 Å². The molecule has 2 aromatic heterocycles. The Hall–Kier alpha value is -2.25. The van der Waals surface area contributed by atoms with E-state index in [2.05, 4.69) is 15.2 Å². The molecule has 8 heteroatoms. The van der Waals surface area contributed by atoms with Crippen molar-refractivity contribution in [3.63, 3.8) is 0 Å². The van der Waals surface area contributed by atoms with Crippen LogP contribution in [0.3, 0.4) is 0 Å². The van der Waals surface area contributed by atoms with Gasteiger partial charge in [-0.05, 0) is 30.9 Å². The summed E-state index contributed by atoms with van der Waals surface area (Å²) < 4.78 is 15.4. The van der Waals surface area contributed by atoms with Gasteiger partial charge in [-0.1, -0.05) is 11.6 Å². The summed E-state index contributed by atoms with van der Waals surface area (Å²) in [6.07, 6.45) is 3.53. The van der Waals surface area contributed by atoms with E-state index < -0.39 is 17.4 Å². The second-order valence-electron chi connectivity index (χ2n) is 5.66. The Morgan fingerprint density at radius 2 is 2.17 bits per heavy atom. The minimum absolute atomic E-state index is 0.134. The van der Waals surface area contributed by atoms with Crippen LogP contribution in [0.15, 0.2) is 29.2 Å². The van der Waals surface area contributed by atoms with E-state index in [0.29, 0.717) is 11.6 Å². The van der Waals surface area contributed by atoms with E-state index in [1.165, 1.54) is 10.6 Å². The number of aromatic amines is 1. The molecule has 23 heavy (non-hydrogen) atoms. The van der Waals surface area contributed by atoms with Gasteiger partial charge in [-0.15, -0.1) is 0 Å². The Morgan fingerprint density at radius 1 is 1.39 bits per heavy atom. The lowest BCUT2D eigenvalue weighted by Crippen LogP contribution is -2.30. The fourth-order valence-electron chi connectivity index (χ4n) is 2.72. The lowest BCUT2D eigenvalue weighted by atomic mass is 10.1. The zero-order valence-electron chi connectivity index (χ0n) is 12.0. The number of halogens is 2. The fourth-order valence-corrected chi connectivity index (χ4v) is 2.92. The number of aromatic nitrogens is 4. The molecule has 1 fully saturated rings. The van der Waals surface area contributed by atoms with Crippen LogP contribution in [0.25, 0.3) is 16.7 Å². The molecule has 1 unspecified atom stereocenters. The second-order valence-corrected chi connectivity index (χ2v) is 6.07. The average molecular weight is 334 g/mol. The minimum Gasteiger partial charge on any atom is -0.321 e. The van der Waals surface area contributed by atoms with Crippen molar-refractivity contribution < 1.29 is 4.39 Å². The van der Waals surface area contributed by atoms with Gasteiger partial charge in [-0.3, -0.25) is 9.89 Å². The molecule has 1 aliphatic rings. The molecule has 6 nitrogen and oxygen atoms in total. The number of hydrogen-bond donors (Lipinski definition) is 2. The summed E-state index contributed by atoms with van der Waals surface area (Å²) in [5.41, 5.74) is 5.83. The van der Waals surface area contributed by atoms with E-state index in [0.717, 1.165) is 18.9 Å². The van der Waals surface area contributed by atoms with E-state index in [9.17, 15) is 9.18 Å². The minimum atomic E-state index is -0.669. The molecule has 118 valence electrons. The van der Waals surface area contributed by atoms with E-state index in [1.54, 1.807) is 12.3 Å². The number of fused-ring (bicyclic) bond motifs is 1. The van der Waals surface area contributed by atoms with Crippen LogP contribution in [-0.4, -0.2) is 19.7 Å². The number of nitrogens with zero attached hydrogens (tertiary/aromatic N) is 3. The molecule has 0 aliphatic heterocycles. The van der Waals surface area contributed by atoms with E-state index in [4.69, 9.17) is 17.3 Å².